The Hall–Kier alpha value is -2.30. The molecule has 3 aromatic rings. The van der Waals surface area contributed by atoms with Crippen LogP contribution in [0, 0.1) is 5.82 Å². The van der Waals surface area contributed by atoms with Crippen molar-refractivity contribution in [3.63, 3.8) is 0 Å². The molecule has 0 radical (unpaired) electrons. The first-order chi connectivity index (χ1) is 9.19. The fourth-order valence-electron chi connectivity index (χ4n) is 2.02. The second kappa shape index (κ2) is 4.42. The van der Waals surface area contributed by atoms with E-state index in [1.165, 1.54) is 12.1 Å². The summed E-state index contributed by atoms with van der Waals surface area (Å²) in [6.45, 7) is 2.03. The summed E-state index contributed by atoms with van der Waals surface area (Å²) in [6.07, 6.45) is 2.59. The summed E-state index contributed by atoms with van der Waals surface area (Å²) in [6, 6.07) is 6.26. The lowest BCUT2D eigenvalue weighted by atomic mass is 10.2. The van der Waals surface area contributed by atoms with E-state index in [-0.39, 0.29) is 5.82 Å². The van der Waals surface area contributed by atoms with Crippen molar-refractivity contribution in [3.05, 3.63) is 42.0 Å². The van der Waals surface area contributed by atoms with Gasteiger partial charge in [-0.25, -0.2) is 19.3 Å². The molecule has 0 amide bonds. The minimum atomic E-state index is -0.257. The van der Waals surface area contributed by atoms with Gasteiger partial charge in [-0.1, -0.05) is 6.92 Å². The zero-order valence-electron chi connectivity index (χ0n) is 10.8. The summed E-state index contributed by atoms with van der Waals surface area (Å²) in [7, 11) is 1.88. The van der Waals surface area contributed by atoms with Gasteiger partial charge in [0.15, 0.2) is 11.3 Å². The highest BCUT2D eigenvalue weighted by Gasteiger charge is 2.12. The number of hydrogen-bond acceptors (Lipinski definition) is 3. The molecular formula is C14H13FN4. The third-order valence-electron chi connectivity index (χ3n) is 3.10. The number of nitrogens with zero attached hydrogens (tertiary/aromatic N) is 4. The van der Waals surface area contributed by atoms with E-state index in [1.54, 1.807) is 18.3 Å². The molecule has 19 heavy (non-hydrogen) atoms. The number of rotatable bonds is 2. The van der Waals surface area contributed by atoms with Gasteiger partial charge in [0, 0.05) is 12.6 Å². The smallest absolute Gasteiger partial charge is 0.198 e. The quantitative estimate of drug-likeness (QED) is 0.708. The molecule has 0 N–H and O–H groups in total. The molecule has 0 unspecified atom stereocenters. The number of benzene rings is 1. The van der Waals surface area contributed by atoms with Crippen molar-refractivity contribution in [2.75, 3.05) is 0 Å². The van der Waals surface area contributed by atoms with Crippen LogP contribution in [0.25, 0.3) is 22.7 Å². The first-order valence-electron chi connectivity index (χ1n) is 6.13. The zero-order valence-corrected chi connectivity index (χ0v) is 10.8. The van der Waals surface area contributed by atoms with Crippen molar-refractivity contribution in [1.82, 2.24) is 19.5 Å². The third kappa shape index (κ3) is 1.97. The Bertz CT molecular complexity index is 731. The molecule has 1 aromatic carbocycles. The lowest BCUT2D eigenvalue weighted by Gasteiger charge is -2.01. The SMILES string of the molecule is CCc1cnc2c(n1)nc(-c1ccc(F)cc1)n2C. The van der Waals surface area contributed by atoms with Gasteiger partial charge in [-0.3, -0.25) is 0 Å². The standard InChI is InChI=1S/C14H13FN4/c1-3-11-8-16-14-12(17-11)18-13(19(14)2)9-4-6-10(15)7-5-9/h4-8H,3H2,1-2H3. The lowest BCUT2D eigenvalue weighted by molar-refractivity contribution is 0.628. The van der Waals surface area contributed by atoms with E-state index >= 15 is 0 Å². The predicted molar refractivity (Wildman–Crippen MR) is 71.1 cm³/mol. The highest BCUT2D eigenvalue weighted by molar-refractivity contribution is 5.73. The molecule has 0 spiro atoms. The van der Waals surface area contributed by atoms with E-state index in [0.29, 0.717) is 5.65 Å². The summed E-state index contributed by atoms with van der Waals surface area (Å²) in [5.74, 6) is 0.482. The molecule has 0 saturated carbocycles. The van der Waals surface area contributed by atoms with Crippen molar-refractivity contribution in [2.24, 2.45) is 7.05 Å². The second-order valence-corrected chi connectivity index (χ2v) is 4.36. The number of fused-ring (bicyclic) bond motifs is 1. The molecule has 0 saturated heterocycles. The van der Waals surface area contributed by atoms with Crippen molar-refractivity contribution in [1.29, 1.82) is 0 Å². The molecule has 0 aliphatic heterocycles. The van der Waals surface area contributed by atoms with E-state index in [4.69, 9.17) is 0 Å². The predicted octanol–water partition coefficient (Wildman–Crippen LogP) is 2.73. The summed E-state index contributed by atoms with van der Waals surface area (Å²) >= 11 is 0. The van der Waals surface area contributed by atoms with Gasteiger partial charge in [0.2, 0.25) is 0 Å². The van der Waals surface area contributed by atoms with Crippen molar-refractivity contribution in [2.45, 2.75) is 13.3 Å². The average Bonchev–Trinajstić information content (AvgIpc) is 2.76. The van der Waals surface area contributed by atoms with E-state index in [2.05, 4.69) is 15.0 Å². The van der Waals surface area contributed by atoms with Crippen LogP contribution in [-0.2, 0) is 13.5 Å². The maximum Gasteiger partial charge on any atom is 0.198 e. The van der Waals surface area contributed by atoms with E-state index in [9.17, 15) is 4.39 Å². The summed E-state index contributed by atoms with van der Waals surface area (Å²) < 4.78 is 14.8. The molecule has 0 atom stereocenters. The van der Waals surface area contributed by atoms with E-state index < -0.39 is 0 Å². The average molecular weight is 256 g/mol. The number of halogens is 1. The summed E-state index contributed by atoms with van der Waals surface area (Å²) in [4.78, 5) is 13.3. The highest BCUT2D eigenvalue weighted by atomic mass is 19.1. The second-order valence-electron chi connectivity index (χ2n) is 4.36. The minimum absolute atomic E-state index is 0.257. The Kier molecular flexibility index (Phi) is 2.74. The Morgan fingerprint density at radius 1 is 1.16 bits per heavy atom. The Morgan fingerprint density at radius 3 is 2.58 bits per heavy atom. The van der Waals surface area contributed by atoms with Crippen LogP contribution in [0.1, 0.15) is 12.6 Å². The van der Waals surface area contributed by atoms with Crippen LogP contribution >= 0.6 is 0 Å². The largest absolute Gasteiger partial charge is 0.310 e. The summed E-state index contributed by atoms with van der Waals surface area (Å²) in [5.41, 5.74) is 3.12. The number of hydrogen-bond donors (Lipinski definition) is 0. The van der Waals surface area contributed by atoms with Gasteiger partial charge in [-0.2, -0.15) is 0 Å². The van der Waals surface area contributed by atoms with Crippen LogP contribution in [0.5, 0.6) is 0 Å². The molecule has 96 valence electrons. The Morgan fingerprint density at radius 2 is 1.89 bits per heavy atom. The Labute approximate surface area is 110 Å². The molecular weight excluding hydrogens is 243 g/mol. The third-order valence-corrected chi connectivity index (χ3v) is 3.10. The van der Waals surface area contributed by atoms with Crippen LogP contribution < -0.4 is 0 Å². The maximum atomic E-state index is 13.0. The first kappa shape index (κ1) is 11.8. The van der Waals surface area contributed by atoms with Gasteiger partial charge in [-0.15, -0.1) is 0 Å². The molecule has 2 aromatic heterocycles. The molecule has 2 heterocycles. The molecule has 5 heteroatoms. The number of aryl methyl sites for hydroxylation is 2. The minimum Gasteiger partial charge on any atom is -0.310 e. The zero-order chi connectivity index (χ0) is 13.4. The van der Waals surface area contributed by atoms with Crippen molar-refractivity contribution in [3.8, 4) is 11.4 Å². The van der Waals surface area contributed by atoms with E-state index in [1.807, 2.05) is 18.5 Å². The van der Waals surface area contributed by atoms with Crippen LogP contribution in [0.2, 0.25) is 0 Å². The molecule has 4 nitrogen and oxygen atoms in total. The molecule has 0 aliphatic rings. The highest BCUT2D eigenvalue weighted by Crippen LogP contribution is 2.21. The molecule has 0 aliphatic carbocycles. The van der Waals surface area contributed by atoms with Gasteiger partial charge >= 0.3 is 0 Å². The topological polar surface area (TPSA) is 43.6 Å². The Balaban J connectivity index is 2.19. The summed E-state index contributed by atoms with van der Waals surface area (Å²) in [5, 5.41) is 0. The lowest BCUT2D eigenvalue weighted by Crippen LogP contribution is -1.95. The number of imidazole rings is 1. The van der Waals surface area contributed by atoms with Gasteiger partial charge in [-0.05, 0) is 30.7 Å². The van der Waals surface area contributed by atoms with Crippen LogP contribution in [0.3, 0.4) is 0 Å². The molecule has 0 fully saturated rings. The monoisotopic (exact) mass is 256 g/mol. The van der Waals surface area contributed by atoms with Gasteiger partial charge in [0.1, 0.15) is 11.6 Å². The maximum absolute atomic E-state index is 13.0. The first-order valence-corrected chi connectivity index (χ1v) is 6.13. The fraction of sp³-hybridized carbons (Fsp3) is 0.214. The van der Waals surface area contributed by atoms with Crippen molar-refractivity contribution >= 4 is 11.3 Å². The van der Waals surface area contributed by atoms with Gasteiger partial charge < -0.3 is 4.57 Å². The van der Waals surface area contributed by atoms with Gasteiger partial charge in [0.25, 0.3) is 0 Å². The van der Waals surface area contributed by atoms with Crippen LogP contribution in [-0.4, -0.2) is 19.5 Å². The van der Waals surface area contributed by atoms with E-state index in [0.717, 1.165) is 29.1 Å². The molecule has 3 rings (SSSR count). The number of aromatic nitrogens is 4. The van der Waals surface area contributed by atoms with Crippen molar-refractivity contribution < 1.29 is 4.39 Å². The van der Waals surface area contributed by atoms with Crippen LogP contribution in [0.15, 0.2) is 30.5 Å². The normalized spacial score (nSPS) is 11.1. The fourth-order valence-corrected chi connectivity index (χ4v) is 2.02. The van der Waals surface area contributed by atoms with Crippen LogP contribution in [0.4, 0.5) is 4.39 Å². The molecule has 0 bridgehead atoms. The van der Waals surface area contributed by atoms with Gasteiger partial charge in [0.05, 0.1) is 11.9 Å².